The number of carbonyl (C=O) groups excluding carboxylic acids is 1. The molecule has 1 aromatic heterocycles. The van der Waals surface area contributed by atoms with Crippen LogP contribution in [0.4, 0.5) is 5.69 Å². The number of rotatable bonds is 4. The molecule has 0 bridgehead atoms. The Labute approximate surface area is 189 Å². The lowest BCUT2D eigenvalue weighted by Crippen LogP contribution is -2.24. The average molecular weight is 424 g/mol. The Morgan fingerprint density at radius 1 is 0.906 bits per heavy atom. The molecule has 1 saturated heterocycles. The lowest BCUT2D eigenvalue weighted by atomic mass is 9.99. The van der Waals surface area contributed by atoms with Gasteiger partial charge in [0.05, 0.1) is 11.0 Å². The Bertz CT molecular complexity index is 1310. The van der Waals surface area contributed by atoms with Crippen molar-refractivity contribution in [3.63, 3.8) is 0 Å². The van der Waals surface area contributed by atoms with E-state index < -0.39 is 0 Å². The van der Waals surface area contributed by atoms with E-state index in [4.69, 9.17) is 4.98 Å². The Morgan fingerprint density at radius 2 is 1.66 bits per heavy atom. The van der Waals surface area contributed by atoms with Crippen LogP contribution in [0.15, 0.2) is 60.7 Å². The van der Waals surface area contributed by atoms with Gasteiger partial charge in [-0.25, -0.2) is 4.98 Å². The van der Waals surface area contributed by atoms with Crippen LogP contribution < -0.4 is 4.90 Å². The fourth-order valence-electron chi connectivity index (χ4n) is 5.12. The fraction of sp³-hybridized carbons (Fsp3) is 0.286. The number of aromatic nitrogens is 2. The molecule has 0 radical (unpaired) electrons. The smallest absolute Gasteiger partial charge is 0.227 e. The summed E-state index contributed by atoms with van der Waals surface area (Å²) in [7, 11) is 0. The molecule has 32 heavy (non-hydrogen) atoms. The van der Waals surface area contributed by atoms with Crippen LogP contribution in [0.3, 0.4) is 0 Å². The van der Waals surface area contributed by atoms with Crippen molar-refractivity contribution in [3.8, 4) is 0 Å². The molecule has 1 atom stereocenters. The van der Waals surface area contributed by atoms with Crippen molar-refractivity contribution in [2.24, 2.45) is 0 Å². The van der Waals surface area contributed by atoms with Crippen molar-refractivity contribution in [2.75, 3.05) is 11.4 Å². The first-order valence-corrected chi connectivity index (χ1v) is 11.3. The highest BCUT2D eigenvalue weighted by molar-refractivity contribution is 5.96. The summed E-state index contributed by atoms with van der Waals surface area (Å²) in [5.74, 6) is 1.25. The molecule has 0 aliphatic carbocycles. The van der Waals surface area contributed by atoms with Crippen molar-refractivity contribution in [1.29, 1.82) is 0 Å². The van der Waals surface area contributed by atoms with Crippen LogP contribution in [0.5, 0.6) is 0 Å². The topological polar surface area (TPSA) is 38.1 Å². The SMILES string of the molecule is Cc1cccc(N2CC(c3nc4ccccc4n3Cc3c(C)cc(C)cc3C)CC2=O)c1. The molecule has 0 saturated carbocycles. The largest absolute Gasteiger partial charge is 0.323 e. The van der Waals surface area contributed by atoms with Gasteiger partial charge in [-0.2, -0.15) is 0 Å². The molecule has 0 spiro atoms. The van der Waals surface area contributed by atoms with Crippen LogP contribution >= 0.6 is 0 Å². The Hall–Kier alpha value is -3.40. The Balaban J connectivity index is 1.56. The average Bonchev–Trinajstić information content (AvgIpc) is 3.31. The van der Waals surface area contributed by atoms with E-state index in [9.17, 15) is 4.79 Å². The molecule has 1 unspecified atom stereocenters. The highest BCUT2D eigenvalue weighted by Crippen LogP contribution is 2.34. The zero-order chi connectivity index (χ0) is 22.4. The molecule has 162 valence electrons. The molecular weight excluding hydrogens is 394 g/mol. The van der Waals surface area contributed by atoms with Gasteiger partial charge in [0.1, 0.15) is 5.82 Å². The maximum atomic E-state index is 13.0. The van der Waals surface area contributed by atoms with Crippen LogP contribution in [-0.2, 0) is 11.3 Å². The number of carbonyl (C=O) groups is 1. The van der Waals surface area contributed by atoms with Gasteiger partial charge in [0.15, 0.2) is 0 Å². The summed E-state index contributed by atoms with van der Waals surface area (Å²) in [6.07, 6.45) is 0.489. The van der Waals surface area contributed by atoms with Crippen LogP contribution in [0.1, 0.15) is 46.0 Å². The van der Waals surface area contributed by atoms with Crippen molar-refractivity contribution in [2.45, 2.75) is 46.6 Å². The predicted molar refractivity (Wildman–Crippen MR) is 130 cm³/mol. The molecule has 4 aromatic rings. The van der Waals surface area contributed by atoms with Gasteiger partial charge in [-0.15, -0.1) is 0 Å². The van der Waals surface area contributed by atoms with E-state index in [1.807, 2.05) is 23.1 Å². The first-order valence-electron chi connectivity index (χ1n) is 11.3. The lowest BCUT2D eigenvalue weighted by molar-refractivity contribution is -0.117. The molecule has 2 heterocycles. The third-order valence-corrected chi connectivity index (χ3v) is 6.64. The number of hydrogen-bond donors (Lipinski definition) is 0. The molecule has 1 amide bonds. The normalized spacial score (nSPS) is 16.3. The van der Waals surface area contributed by atoms with Gasteiger partial charge < -0.3 is 9.47 Å². The molecule has 1 aliphatic heterocycles. The van der Waals surface area contributed by atoms with Crippen molar-refractivity contribution in [1.82, 2.24) is 9.55 Å². The second-order valence-corrected chi connectivity index (χ2v) is 9.17. The van der Waals surface area contributed by atoms with E-state index in [2.05, 4.69) is 74.7 Å². The van der Waals surface area contributed by atoms with E-state index in [0.29, 0.717) is 13.0 Å². The van der Waals surface area contributed by atoms with Gasteiger partial charge in [0.2, 0.25) is 5.91 Å². The fourth-order valence-corrected chi connectivity index (χ4v) is 5.12. The minimum atomic E-state index is 0.0708. The molecule has 3 aromatic carbocycles. The molecule has 4 nitrogen and oxygen atoms in total. The monoisotopic (exact) mass is 423 g/mol. The summed E-state index contributed by atoms with van der Waals surface area (Å²) < 4.78 is 2.33. The maximum Gasteiger partial charge on any atom is 0.227 e. The number of imidazole rings is 1. The summed E-state index contributed by atoms with van der Waals surface area (Å²) in [5, 5.41) is 0. The molecule has 0 N–H and O–H groups in total. The number of aryl methyl sites for hydroxylation is 4. The summed E-state index contributed by atoms with van der Waals surface area (Å²) in [5.41, 5.74) is 9.48. The molecule has 1 aliphatic rings. The van der Waals surface area contributed by atoms with Gasteiger partial charge in [-0.05, 0) is 74.2 Å². The molecular formula is C28H29N3O. The molecule has 1 fully saturated rings. The number of amides is 1. The first-order chi connectivity index (χ1) is 15.4. The van der Waals surface area contributed by atoms with E-state index in [1.165, 1.54) is 22.3 Å². The standard InChI is InChI=1S/C28H29N3O/c1-18-8-7-9-23(14-18)30-16-22(15-27(30)32)28-29-25-10-5-6-11-26(25)31(28)17-24-20(3)12-19(2)13-21(24)4/h5-14,22H,15-17H2,1-4H3. The third-order valence-electron chi connectivity index (χ3n) is 6.64. The van der Waals surface area contributed by atoms with Gasteiger partial charge >= 0.3 is 0 Å². The third kappa shape index (κ3) is 3.60. The predicted octanol–water partition coefficient (Wildman–Crippen LogP) is 5.84. The van der Waals surface area contributed by atoms with Crippen LogP contribution in [0.2, 0.25) is 0 Å². The molecule has 5 rings (SSSR count). The van der Waals surface area contributed by atoms with Crippen LogP contribution in [0, 0.1) is 27.7 Å². The summed E-state index contributed by atoms with van der Waals surface area (Å²) in [6, 6.07) is 21.0. The summed E-state index contributed by atoms with van der Waals surface area (Å²) in [4.78, 5) is 19.9. The number of benzene rings is 3. The number of hydrogen-bond acceptors (Lipinski definition) is 2. The Kier molecular flexibility index (Phi) is 5.09. The minimum absolute atomic E-state index is 0.0708. The zero-order valence-corrected chi connectivity index (χ0v) is 19.2. The van der Waals surface area contributed by atoms with Crippen LogP contribution in [-0.4, -0.2) is 22.0 Å². The maximum absolute atomic E-state index is 13.0. The van der Waals surface area contributed by atoms with Gasteiger partial charge in [0.25, 0.3) is 0 Å². The Morgan fingerprint density at radius 3 is 2.41 bits per heavy atom. The van der Waals surface area contributed by atoms with E-state index in [-0.39, 0.29) is 11.8 Å². The lowest BCUT2D eigenvalue weighted by Gasteiger charge is -2.19. The van der Waals surface area contributed by atoms with E-state index >= 15 is 0 Å². The van der Waals surface area contributed by atoms with Gasteiger partial charge in [0, 0.05) is 31.1 Å². The van der Waals surface area contributed by atoms with Crippen molar-refractivity contribution < 1.29 is 4.79 Å². The van der Waals surface area contributed by atoms with E-state index in [1.54, 1.807) is 0 Å². The first kappa shape index (κ1) is 20.5. The second kappa shape index (κ2) is 7.94. The number of para-hydroxylation sites is 2. The molecule has 4 heteroatoms. The van der Waals surface area contributed by atoms with Gasteiger partial charge in [-0.3, -0.25) is 4.79 Å². The highest BCUT2D eigenvalue weighted by Gasteiger charge is 2.35. The quantitative estimate of drug-likeness (QED) is 0.414. The minimum Gasteiger partial charge on any atom is -0.323 e. The van der Waals surface area contributed by atoms with E-state index in [0.717, 1.165) is 34.7 Å². The zero-order valence-electron chi connectivity index (χ0n) is 19.2. The highest BCUT2D eigenvalue weighted by atomic mass is 16.2. The number of anilines is 1. The van der Waals surface area contributed by atoms with Crippen molar-refractivity contribution >= 4 is 22.6 Å². The van der Waals surface area contributed by atoms with Crippen molar-refractivity contribution in [3.05, 3.63) is 94.3 Å². The summed E-state index contributed by atoms with van der Waals surface area (Å²) in [6.45, 7) is 10.0. The number of nitrogens with zero attached hydrogens (tertiary/aromatic N) is 3. The van der Waals surface area contributed by atoms with Gasteiger partial charge in [-0.1, -0.05) is 42.0 Å². The second-order valence-electron chi connectivity index (χ2n) is 9.17. The summed E-state index contributed by atoms with van der Waals surface area (Å²) >= 11 is 0. The number of fused-ring (bicyclic) bond motifs is 1. The van der Waals surface area contributed by atoms with Crippen LogP contribution in [0.25, 0.3) is 11.0 Å².